The van der Waals surface area contributed by atoms with Crippen molar-refractivity contribution in [1.82, 2.24) is 0 Å². The van der Waals surface area contributed by atoms with Gasteiger partial charge in [-0.2, -0.15) is 0 Å². The van der Waals surface area contributed by atoms with E-state index in [1.165, 1.54) is 9.47 Å². The van der Waals surface area contributed by atoms with Crippen LogP contribution in [-0.4, -0.2) is 4.89 Å². The Bertz CT molecular complexity index is 8.00. The molecule has 0 spiro atoms. The molecule has 4 heavy (non-hydrogen) atoms. The van der Waals surface area contributed by atoms with E-state index in [1.54, 1.807) is 0 Å². The number of rotatable bonds is 0. The van der Waals surface area contributed by atoms with Gasteiger partial charge in [-0.25, -0.2) is 0 Å². The van der Waals surface area contributed by atoms with E-state index >= 15 is 0 Å². The van der Waals surface area contributed by atoms with Crippen LogP contribution in [0.15, 0.2) is 0 Å². The van der Waals surface area contributed by atoms with Crippen LogP contribution < -0.4 is 0 Å². The summed E-state index contributed by atoms with van der Waals surface area (Å²) < 4.78 is 0. The third-order valence-electron chi connectivity index (χ3n) is 0. The average Bonchev–Trinajstić information content (AvgIpc) is 1.00. The maximum Gasteiger partial charge on any atom is 0 e. The summed E-state index contributed by atoms with van der Waals surface area (Å²) in [4.78, 5) is 6.92. The van der Waals surface area contributed by atoms with Gasteiger partial charge in [-0.15, -0.1) is 0 Å². The van der Waals surface area contributed by atoms with Crippen LogP contribution in [0.25, 0.3) is 0 Å². The summed E-state index contributed by atoms with van der Waals surface area (Å²) in [6.07, 6.45) is 0. The first-order chi connectivity index (χ1) is 1.00. The summed E-state index contributed by atoms with van der Waals surface area (Å²) in [7, 11) is 1.42. The van der Waals surface area contributed by atoms with Crippen LogP contribution >= 0.6 is 9.47 Å². The minimum absolute atomic E-state index is 0. The second kappa shape index (κ2) is 22.6. The van der Waals surface area contributed by atoms with Crippen LogP contribution in [0.4, 0.5) is 0 Å². The van der Waals surface area contributed by atoms with E-state index in [2.05, 4.69) is 0 Å². The molecule has 0 heterocycles. The van der Waals surface area contributed by atoms with Crippen LogP contribution in [0.2, 0.25) is 0 Å². The molecular formula is H3MoOPV. The summed E-state index contributed by atoms with van der Waals surface area (Å²) in [6, 6.07) is 0. The van der Waals surface area contributed by atoms with Gasteiger partial charge in [0.2, 0.25) is 0 Å². The minimum atomic E-state index is 0. The summed E-state index contributed by atoms with van der Waals surface area (Å²) >= 11 is 0. The minimum Gasteiger partial charge on any atom is -0.380 e. The standard InChI is InChI=1S/Mo.H3OP.V/c;1-2;/h;1H,2H2;. The van der Waals surface area contributed by atoms with Gasteiger partial charge in [0.1, 0.15) is 0 Å². The van der Waals surface area contributed by atoms with Gasteiger partial charge in [-0.3, -0.25) is 0 Å². The van der Waals surface area contributed by atoms with Crippen LogP contribution in [0.5, 0.6) is 0 Å². The summed E-state index contributed by atoms with van der Waals surface area (Å²) in [5.74, 6) is 0. The zero-order valence-corrected chi connectivity index (χ0v) is 6.44. The van der Waals surface area contributed by atoms with Crippen molar-refractivity contribution in [3.8, 4) is 0 Å². The van der Waals surface area contributed by atoms with Gasteiger partial charge < -0.3 is 4.89 Å². The van der Waals surface area contributed by atoms with Gasteiger partial charge in [0.05, 0.1) is 0 Å². The molecule has 1 nitrogen and oxygen atoms in total. The van der Waals surface area contributed by atoms with Crippen molar-refractivity contribution in [3.05, 3.63) is 0 Å². The van der Waals surface area contributed by atoms with Gasteiger partial charge in [-0.1, -0.05) is 0 Å². The molecule has 0 fully saturated rings. The predicted molar refractivity (Wildman–Crippen MR) is 11.9 cm³/mol. The Morgan fingerprint density at radius 3 is 1.25 bits per heavy atom. The van der Waals surface area contributed by atoms with Gasteiger partial charge in [0.15, 0.2) is 0 Å². The Labute approximate surface area is 54.0 Å². The molecule has 0 saturated carbocycles. The van der Waals surface area contributed by atoms with Crippen LogP contribution in [0.1, 0.15) is 0 Å². The molecule has 0 aliphatic carbocycles. The Morgan fingerprint density at radius 1 is 1.25 bits per heavy atom. The van der Waals surface area contributed by atoms with Crippen LogP contribution in [0, 0.1) is 0 Å². The van der Waals surface area contributed by atoms with Crippen molar-refractivity contribution in [2.45, 2.75) is 0 Å². The maximum absolute atomic E-state index is 6.92. The fraction of sp³-hybridized carbons (Fsp3) is 0. The first kappa shape index (κ1) is 17.4. The van der Waals surface area contributed by atoms with Crippen molar-refractivity contribution < 1.29 is 44.5 Å². The molecule has 0 aromatic heterocycles. The van der Waals surface area contributed by atoms with Gasteiger partial charge in [0.25, 0.3) is 0 Å². The zero-order chi connectivity index (χ0) is 2.00. The number of hydrogen-bond donors (Lipinski definition) is 1. The van der Waals surface area contributed by atoms with Crippen molar-refractivity contribution >= 4 is 9.47 Å². The molecule has 0 rings (SSSR count). The quantitative estimate of drug-likeness (QED) is 0.419. The Morgan fingerprint density at radius 2 is 1.25 bits per heavy atom. The van der Waals surface area contributed by atoms with Crippen molar-refractivity contribution in [1.29, 1.82) is 0 Å². The molecule has 4 heteroatoms. The molecule has 1 unspecified atom stereocenters. The van der Waals surface area contributed by atoms with Crippen molar-refractivity contribution in [2.24, 2.45) is 0 Å². The fourth-order valence-corrected chi connectivity index (χ4v) is 0. The second-order valence-corrected chi connectivity index (χ2v) is 0. The molecule has 1 atom stereocenters. The molecule has 0 bridgehead atoms. The molecule has 25 valence electrons. The van der Waals surface area contributed by atoms with Gasteiger partial charge in [0, 0.05) is 39.6 Å². The monoisotopic (exact) mass is 199 g/mol. The molecule has 0 saturated heterocycles. The van der Waals surface area contributed by atoms with Crippen molar-refractivity contribution in [3.63, 3.8) is 0 Å². The predicted octanol–water partition coefficient (Wildman–Crippen LogP) is -0.236. The van der Waals surface area contributed by atoms with Gasteiger partial charge in [-0.05, 0) is 9.47 Å². The van der Waals surface area contributed by atoms with Crippen LogP contribution in [-0.2, 0) is 39.6 Å². The fourth-order valence-electron chi connectivity index (χ4n) is 0. The topological polar surface area (TPSA) is 20.2 Å². The number of hydrogen-bond acceptors (Lipinski definition) is 1. The Hall–Kier alpha value is 1.66. The molecule has 0 aromatic carbocycles. The second-order valence-electron chi connectivity index (χ2n) is 0. The maximum atomic E-state index is 6.92. The molecular weight excluding hydrogens is 194 g/mol. The zero-order valence-electron chi connectivity index (χ0n) is 1.88. The Kier molecular flexibility index (Phi) is 98.2. The SMILES string of the molecule is OP.[Mo].[V]. The smallest absolute Gasteiger partial charge is 0 e. The first-order valence-corrected chi connectivity index (χ1v) is 0.775. The van der Waals surface area contributed by atoms with E-state index in [-0.39, 0.29) is 39.6 Å². The van der Waals surface area contributed by atoms with Crippen molar-refractivity contribution in [2.75, 3.05) is 0 Å². The van der Waals surface area contributed by atoms with E-state index in [0.29, 0.717) is 0 Å². The van der Waals surface area contributed by atoms with E-state index in [4.69, 9.17) is 4.89 Å². The van der Waals surface area contributed by atoms with E-state index < -0.39 is 0 Å². The molecule has 0 amide bonds. The normalized spacial score (nSPS) is 1.50. The van der Waals surface area contributed by atoms with E-state index in [0.717, 1.165) is 0 Å². The van der Waals surface area contributed by atoms with E-state index in [9.17, 15) is 0 Å². The summed E-state index contributed by atoms with van der Waals surface area (Å²) in [6.45, 7) is 0. The first-order valence-electron chi connectivity index (χ1n) is 0.258. The third kappa shape index (κ3) is 9.39. The third-order valence-corrected chi connectivity index (χ3v) is 0. The van der Waals surface area contributed by atoms with Crippen LogP contribution in [0.3, 0.4) is 0 Å². The Balaban J connectivity index is -0.00000000500. The summed E-state index contributed by atoms with van der Waals surface area (Å²) in [5, 5.41) is 0. The molecule has 0 aliphatic rings. The van der Waals surface area contributed by atoms with E-state index in [1.807, 2.05) is 0 Å². The molecule has 0 aromatic rings. The molecule has 1 N–H and O–H groups in total. The molecule has 1 radical (unpaired) electrons. The largest absolute Gasteiger partial charge is 0.380 e. The average molecular weight is 197 g/mol. The van der Waals surface area contributed by atoms with Gasteiger partial charge >= 0.3 is 0 Å². The summed E-state index contributed by atoms with van der Waals surface area (Å²) in [5.41, 5.74) is 0. The molecule has 0 aliphatic heterocycles.